The van der Waals surface area contributed by atoms with E-state index in [2.05, 4.69) is 15.1 Å². The highest BCUT2D eigenvalue weighted by molar-refractivity contribution is 5.73. The first-order valence-corrected chi connectivity index (χ1v) is 3.99. The molecule has 1 rings (SSSR count). The van der Waals surface area contributed by atoms with Crippen LogP contribution in [0.25, 0.3) is 0 Å². The fourth-order valence-corrected chi connectivity index (χ4v) is 0.839. The van der Waals surface area contributed by atoms with Crippen LogP contribution in [0.2, 0.25) is 0 Å². The average Bonchev–Trinajstić information content (AvgIpc) is 2.04. The zero-order valence-electron chi connectivity index (χ0n) is 7.65. The van der Waals surface area contributed by atoms with Crippen molar-refractivity contribution >= 4 is 6.09 Å². The first-order chi connectivity index (χ1) is 6.22. The van der Waals surface area contributed by atoms with Crippen molar-refractivity contribution in [2.45, 2.75) is 13.8 Å². The van der Waals surface area contributed by atoms with Crippen LogP contribution in [-0.2, 0) is 4.74 Å². The Morgan fingerprint density at radius 2 is 2.54 bits per heavy atom. The van der Waals surface area contributed by atoms with Gasteiger partial charge in [0.1, 0.15) is 12.4 Å². The zero-order valence-corrected chi connectivity index (χ0v) is 7.65. The topological polar surface area (TPSA) is 55.1 Å². The molecule has 0 saturated heterocycles. The Kier molecular flexibility index (Phi) is 3.19. The quantitative estimate of drug-likeness (QED) is 0.672. The van der Waals surface area contributed by atoms with Crippen molar-refractivity contribution in [1.82, 2.24) is 4.98 Å². The number of carbonyl (C=O) groups is 1. The van der Waals surface area contributed by atoms with Gasteiger partial charge in [-0.3, -0.25) is 0 Å². The standard InChI is InChI=1S/C8H11N3O2/c1-3-13-8(12)10-11-5-7(2)4-9-6-11/h4-6H,3H2,1-2H3/p+1. The van der Waals surface area contributed by atoms with Crippen LogP contribution in [0.4, 0.5) is 4.79 Å². The molecule has 0 unspecified atom stereocenters. The SMILES string of the molecule is CCOC(=O)N[n+]1cncc(C)c1. The molecule has 0 aliphatic carbocycles. The molecule has 13 heavy (non-hydrogen) atoms. The van der Waals surface area contributed by atoms with Crippen LogP contribution >= 0.6 is 0 Å². The van der Waals surface area contributed by atoms with Crippen LogP contribution < -0.4 is 10.1 Å². The number of aromatic nitrogens is 2. The van der Waals surface area contributed by atoms with Crippen molar-refractivity contribution in [3.63, 3.8) is 0 Å². The molecule has 0 radical (unpaired) electrons. The molecule has 1 aromatic rings. The Labute approximate surface area is 76.3 Å². The van der Waals surface area contributed by atoms with Gasteiger partial charge in [-0.2, -0.15) is 5.43 Å². The third kappa shape index (κ3) is 3.06. The fourth-order valence-electron chi connectivity index (χ4n) is 0.839. The van der Waals surface area contributed by atoms with Gasteiger partial charge in [-0.1, -0.05) is 4.98 Å². The van der Waals surface area contributed by atoms with Gasteiger partial charge in [-0.05, 0) is 13.8 Å². The average molecular weight is 182 g/mol. The molecule has 70 valence electrons. The van der Waals surface area contributed by atoms with Crippen LogP contribution in [0, 0.1) is 6.92 Å². The highest BCUT2D eigenvalue weighted by atomic mass is 16.5. The number of amides is 1. The zero-order chi connectivity index (χ0) is 9.68. The van der Waals surface area contributed by atoms with Gasteiger partial charge in [-0.25, -0.2) is 4.79 Å². The number of nitrogens with one attached hydrogen (secondary N) is 1. The number of nitrogens with zero attached hydrogens (tertiary/aromatic N) is 2. The van der Waals surface area contributed by atoms with Crippen LogP contribution in [-0.4, -0.2) is 17.7 Å². The molecule has 5 heteroatoms. The molecular formula is C8H12N3O2+. The summed E-state index contributed by atoms with van der Waals surface area (Å²) in [4.78, 5) is 14.8. The monoisotopic (exact) mass is 182 g/mol. The summed E-state index contributed by atoms with van der Waals surface area (Å²) in [6.45, 7) is 3.99. The number of carbonyl (C=O) groups excluding carboxylic acids is 1. The van der Waals surface area contributed by atoms with Gasteiger partial charge in [-0.15, -0.1) is 4.68 Å². The van der Waals surface area contributed by atoms with Gasteiger partial charge >= 0.3 is 12.4 Å². The fraction of sp³-hybridized carbons (Fsp3) is 0.375. The van der Waals surface area contributed by atoms with E-state index in [1.807, 2.05) is 6.92 Å². The molecule has 1 aromatic heterocycles. The summed E-state index contributed by atoms with van der Waals surface area (Å²) in [5.41, 5.74) is 3.43. The van der Waals surface area contributed by atoms with Crippen molar-refractivity contribution in [2.75, 3.05) is 12.0 Å². The number of rotatable bonds is 2. The molecule has 0 aliphatic heterocycles. The van der Waals surface area contributed by atoms with Crippen LogP contribution in [0.1, 0.15) is 12.5 Å². The summed E-state index contributed by atoms with van der Waals surface area (Å²) in [5, 5.41) is 0. The Bertz CT molecular complexity index is 301. The second-order valence-electron chi connectivity index (χ2n) is 2.51. The number of hydrogen-bond donors (Lipinski definition) is 1. The van der Waals surface area contributed by atoms with Crippen molar-refractivity contribution in [2.24, 2.45) is 0 Å². The van der Waals surface area contributed by atoms with Crippen molar-refractivity contribution < 1.29 is 14.2 Å². The Hall–Kier alpha value is -1.65. The van der Waals surface area contributed by atoms with Crippen molar-refractivity contribution in [3.05, 3.63) is 24.3 Å². The van der Waals surface area contributed by atoms with Crippen LogP contribution in [0.5, 0.6) is 0 Å². The summed E-state index contributed by atoms with van der Waals surface area (Å²) in [6, 6.07) is 0. The minimum atomic E-state index is -0.486. The maximum absolute atomic E-state index is 10.9. The molecule has 5 nitrogen and oxygen atoms in total. The van der Waals surface area contributed by atoms with Crippen LogP contribution in [0.15, 0.2) is 18.7 Å². The summed E-state index contributed by atoms with van der Waals surface area (Å²) < 4.78 is 6.14. The van der Waals surface area contributed by atoms with Gasteiger partial charge in [0.25, 0.3) is 0 Å². The lowest BCUT2D eigenvalue weighted by Gasteiger charge is -2.01. The second kappa shape index (κ2) is 4.39. The van der Waals surface area contributed by atoms with Gasteiger partial charge in [0.2, 0.25) is 0 Å². The molecule has 0 saturated carbocycles. The highest BCUT2D eigenvalue weighted by Gasteiger charge is 2.04. The summed E-state index contributed by atoms with van der Waals surface area (Å²) in [6.07, 6.45) is 4.44. The normalized spacial score (nSPS) is 9.38. The molecule has 0 fully saturated rings. The molecule has 1 heterocycles. The molecule has 0 bridgehead atoms. The largest absolute Gasteiger partial charge is 0.448 e. The summed E-state index contributed by atoms with van der Waals surface area (Å²) >= 11 is 0. The van der Waals surface area contributed by atoms with E-state index < -0.39 is 6.09 Å². The van der Waals surface area contributed by atoms with E-state index in [1.54, 1.807) is 19.3 Å². The van der Waals surface area contributed by atoms with Gasteiger partial charge < -0.3 is 4.74 Å². The predicted octanol–water partition coefficient (Wildman–Crippen LogP) is 0.378. The first-order valence-electron chi connectivity index (χ1n) is 3.99. The van der Waals surface area contributed by atoms with E-state index in [0.29, 0.717) is 6.61 Å². The molecule has 0 aliphatic rings. The van der Waals surface area contributed by atoms with Crippen LogP contribution in [0.3, 0.4) is 0 Å². The van der Waals surface area contributed by atoms with Crippen molar-refractivity contribution in [3.8, 4) is 0 Å². The summed E-state index contributed by atoms with van der Waals surface area (Å²) in [5.74, 6) is 0. The highest BCUT2D eigenvalue weighted by Crippen LogP contribution is 1.84. The molecule has 1 amide bonds. The van der Waals surface area contributed by atoms with Crippen molar-refractivity contribution in [1.29, 1.82) is 0 Å². The van der Waals surface area contributed by atoms with E-state index in [9.17, 15) is 4.79 Å². The Morgan fingerprint density at radius 1 is 1.77 bits per heavy atom. The molecule has 0 spiro atoms. The Morgan fingerprint density at radius 3 is 3.15 bits per heavy atom. The molecule has 1 N–H and O–H groups in total. The van der Waals surface area contributed by atoms with Gasteiger partial charge in [0.15, 0.2) is 0 Å². The maximum atomic E-state index is 10.9. The van der Waals surface area contributed by atoms with E-state index in [1.165, 1.54) is 11.0 Å². The van der Waals surface area contributed by atoms with Gasteiger partial charge in [0.05, 0.1) is 6.61 Å². The molecular weight excluding hydrogens is 170 g/mol. The lowest BCUT2D eigenvalue weighted by molar-refractivity contribution is -0.646. The van der Waals surface area contributed by atoms with E-state index in [0.717, 1.165) is 5.56 Å². The molecule has 0 aromatic carbocycles. The Balaban J connectivity index is 2.58. The smallest absolute Gasteiger partial charge is 0.443 e. The molecule has 0 atom stereocenters. The third-order valence-corrected chi connectivity index (χ3v) is 1.31. The summed E-state index contributed by atoms with van der Waals surface area (Å²) in [7, 11) is 0. The number of hydrogen-bond acceptors (Lipinski definition) is 3. The third-order valence-electron chi connectivity index (χ3n) is 1.31. The predicted molar refractivity (Wildman–Crippen MR) is 45.6 cm³/mol. The van der Waals surface area contributed by atoms with E-state index >= 15 is 0 Å². The number of ether oxygens (including phenoxy) is 1. The maximum Gasteiger partial charge on any atom is 0.443 e. The lowest BCUT2D eigenvalue weighted by atomic mass is 10.4. The minimum Gasteiger partial charge on any atom is -0.448 e. The second-order valence-corrected chi connectivity index (χ2v) is 2.51. The number of aryl methyl sites for hydroxylation is 1. The van der Waals surface area contributed by atoms with Gasteiger partial charge in [0, 0.05) is 5.56 Å². The van der Waals surface area contributed by atoms with E-state index in [4.69, 9.17) is 0 Å². The first kappa shape index (κ1) is 9.44. The lowest BCUT2D eigenvalue weighted by Crippen LogP contribution is -2.48. The minimum absolute atomic E-state index is 0.353. The van der Waals surface area contributed by atoms with E-state index in [-0.39, 0.29) is 0 Å².